The summed E-state index contributed by atoms with van der Waals surface area (Å²) in [5.41, 5.74) is 0.868. The number of ether oxygens (including phenoxy) is 1. The van der Waals surface area contributed by atoms with Crippen molar-refractivity contribution in [3.63, 3.8) is 0 Å². The van der Waals surface area contributed by atoms with Crippen LogP contribution in [0, 0.1) is 0 Å². The third-order valence-electron chi connectivity index (χ3n) is 3.53. The zero-order valence-corrected chi connectivity index (χ0v) is 10.9. The molecule has 0 radical (unpaired) electrons. The van der Waals surface area contributed by atoms with Crippen LogP contribution in [-0.2, 0) is 4.74 Å². The molecule has 0 saturated carbocycles. The van der Waals surface area contributed by atoms with E-state index in [-0.39, 0.29) is 6.04 Å². The third-order valence-corrected chi connectivity index (χ3v) is 3.77. The Morgan fingerprint density at radius 2 is 2.29 bits per heavy atom. The van der Waals surface area contributed by atoms with Gasteiger partial charge >= 0.3 is 0 Å². The van der Waals surface area contributed by atoms with Crippen molar-refractivity contribution in [2.45, 2.75) is 25.4 Å². The highest BCUT2D eigenvalue weighted by molar-refractivity contribution is 6.30. The van der Waals surface area contributed by atoms with Crippen LogP contribution in [0.2, 0.25) is 5.02 Å². The molecule has 94 valence electrons. The summed E-state index contributed by atoms with van der Waals surface area (Å²) in [6, 6.07) is 5.72. The number of nitrogens with zero attached hydrogens (tertiary/aromatic N) is 1. The Kier molecular flexibility index (Phi) is 3.92. The molecule has 0 aromatic heterocycles. The maximum absolute atomic E-state index is 9.88. The molecule has 1 aromatic carbocycles. The monoisotopic (exact) mass is 255 g/mol. The smallest absolute Gasteiger partial charge is 0.120 e. The third kappa shape index (κ3) is 2.73. The van der Waals surface area contributed by atoms with Gasteiger partial charge < -0.3 is 9.84 Å². The summed E-state index contributed by atoms with van der Waals surface area (Å²) < 4.78 is 5.39. The van der Waals surface area contributed by atoms with Crippen molar-refractivity contribution in [2.24, 2.45) is 0 Å². The average molecular weight is 256 g/mol. The van der Waals surface area contributed by atoms with Crippen LogP contribution in [-0.4, -0.2) is 36.3 Å². The fourth-order valence-electron chi connectivity index (χ4n) is 2.24. The number of benzene rings is 1. The van der Waals surface area contributed by atoms with E-state index in [2.05, 4.69) is 18.9 Å². The lowest BCUT2D eigenvalue weighted by molar-refractivity contribution is 0.137. The zero-order chi connectivity index (χ0) is 12.4. The van der Waals surface area contributed by atoms with E-state index in [9.17, 15) is 5.11 Å². The van der Waals surface area contributed by atoms with Crippen molar-refractivity contribution >= 4 is 11.6 Å². The van der Waals surface area contributed by atoms with Crippen LogP contribution in [0.3, 0.4) is 0 Å². The van der Waals surface area contributed by atoms with Gasteiger partial charge in [-0.05, 0) is 38.6 Å². The molecule has 1 saturated heterocycles. The van der Waals surface area contributed by atoms with E-state index in [1.807, 2.05) is 6.07 Å². The SMILES string of the molecule is CC(c1cc(Cl)ccc1O)N(C)C1CCOC1. The molecular formula is C13H18ClNO2. The maximum atomic E-state index is 9.88. The van der Waals surface area contributed by atoms with Gasteiger partial charge in [0.2, 0.25) is 0 Å². The summed E-state index contributed by atoms with van der Waals surface area (Å²) in [6.07, 6.45) is 1.04. The van der Waals surface area contributed by atoms with Crippen LogP contribution in [0.5, 0.6) is 5.75 Å². The van der Waals surface area contributed by atoms with E-state index in [1.165, 1.54) is 0 Å². The van der Waals surface area contributed by atoms with E-state index in [1.54, 1.807) is 12.1 Å². The molecule has 1 heterocycles. The van der Waals surface area contributed by atoms with Crippen LogP contribution < -0.4 is 0 Å². The number of hydrogen-bond acceptors (Lipinski definition) is 3. The minimum Gasteiger partial charge on any atom is -0.508 e. The number of aromatic hydroxyl groups is 1. The fraction of sp³-hybridized carbons (Fsp3) is 0.538. The summed E-state index contributed by atoms with van der Waals surface area (Å²) in [4.78, 5) is 2.23. The summed E-state index contributed by atoms with van der Waals surface area (Å²) in [6.45, 7) is 3.66. The highest BCUT2D eigenvalue weighted by atomic mass is 35.5. The number of hydrogen-bond donors (Lipinski definition) is 1. The molecule has 1 aliphatic rings. The number of halogens is 1. The van der Waals surface area contributed by atoms with Gasteiger partial charge in [-0.3, -0.25) is 4.90 Å². The molecule has 3 nitrogen and oxygen atoms in total. The van der Waals surface area contributed by atoms with E-state index >= 15 is 0 Å². The predicted molar refractivity (Wildman–Crippen MR) is 68.5 cm³/mol. The van der Waals surface area contributed by atoms with E-state index in [0.29, 0.717) is 16.8 Å². The van der Waals surface area contributed by atoms with Gasteiger partial charge in [0, 0.05) is 29.3 Å². The molecule has 2 unspecified atom stereocenters. The first-order chi connectivity index (χ1) is 8.09. The summed E-state index contributed by atoms with van der Waals surface area (Å²) in [5.74, 6) is 0.299. The number of phenols is 1. The number of phenolic OH excluding ortho intramolecular Hbond substituents is 1. The van der Waals surface area contributed by atoms with Gasteiger partial charge in [-0.25, -0.2) is 0 Å². The zero-order valence-electron chi connectivity index (χ0n) is 10.2. The molecular weight excluding hydrogens is 238 g/mol. The average Bonchev–Trinajstić information content (AvgIpc) is 2.84. The molecule has 1 fully saturated rings. The van der Waals surface area contributed by atoms with E-state index in [4.69, 9.17) is 16.3 Å². The summed E-state index contributed by atoms with van der Waals surface area (Å²) >= 11 is 5.97. The standard InChI is InChI=1S/C13H18ClNO2/c1-9(15(2)11-5-6-17-8-11)12-7-10(14)3-4-13(12)16/h3-4,7,9,11,16H,5-6,8H2,1-2H3. The van der Waals surface area contributed by atoms with Gasteiger partial charge in [0.1, 0.15) is 5.75 Å². The first-order valence-electron chi connectivity index (χ1n) is 5.87. The fourth-order valence-corrected chi connectivity index (χ4v) is 2.42. The van der Waals surface area contributed by atoms with Gasteiger partial charge in [-0.2, -0.15) is 0 Å². The molecule has 0 aliphatic carbocycles. The maximum Gasteiger partial charge on any atom is 0.120 e. The molecule has 0 bridgehead atoms. The molecule has 1 aromatic rings. The van der Waals surface area contributed by atoms with Gasteiger partial charge in [0.15, 0.2) is 0 Å². The first kappa shape index (κ1) is 12.7. The molecule has 0 amide bonds. The second-order valence-electron chi connectivity index (χ2n) is 4.56. The molecule has 4 heteroatoms. The minimum atomic E-state index is 0.125. The Balaban J connectivity index is 2.17. The lowest BCUT2D eigenvalue weighted by Gasteiger charge is -2.30. The summed E-state index contributed by atoms with van der Waals surface area (Å²) in [5, 5.41) is 10.5. The Hall–Kier alpha value is -0.770. The van der Waals surface area contributed by atoms with E-state index in [0.717, 1.165) is 25.2 Å². The van der Waals surface area contributed by atoms with Crippen molar-refractivity contribution in [3.8, 4) is 5.75 Å². The molecule has 1 N–H and O–H groups in total. The van der Waals surface area contributed by atoms with Crippen LogP contribution in [0.4, 0.5) is 0 Å². The largest absolute Gasteiger partial charge is 0.508 e. The lowest BCUT2D eigenvalue weighted by Crippen LogP contribution is -2.34. The topological polar surface area (TPSA) is 32.7 Å². The quantitative estimate of drug-likeness (QED) is 0.902. The number of likely N-dealkylation sites (N-methyl/N-ethyl adjacent to an activating group) is 1. The van der Waals surface area contributed by atoms with Crippen molar-refractivity contribution in [2.75, 3.05) is 20.3 Å². The van der Waals surface area contributed by atoms with Crippen LogP contribution >= 0.6 is 11.6 Å². The highest BCUT2D eigenvalue weighted by Gasteiger charge is 2.26. The predicted octanol–water partition coefficient (Wildman–Crippen LogP) is 2.83. The first-order valence-corrected chi connectivity index (χ1v) is 6.25. The van der Waals surface area contributed by atoms with Crippen LogP contribution in [0.15, 0.2) is 18.2 Å². The molecule has 17 heavy (non-hydrogen) atoms. The highest BCUT2D eigenvalue weighted by Crippen LogP contribution is 2.32. The molecule has 0 spiro atoms. The second-order valence-corrected chi connectivity index (χ2v) is 5.00. The van der Waals surface area contributed by atoms with E-state index < -0.39 is 0 Å². The lowest BCUT2D eigenvalue weighted by atomic mass is 10.0. The Morgan fingerprint density at radius 3 is 2.94 bits per heavy atom. The van der Waals surface area contributed by atoms with Crippen molar-refractivity contribution in [3.05, 3.63) is 28.8 Å². The Morgan fingerprint density at radius 1 is 1.53 bits per heavy atom. The van der Waals surface area contributed by atoms with Gasteiger partial charge in [-0.1, -0.05) is 11.6 Å². The van der Waals surface area contributed by atoms with Crippen molar-refractivity contribution < 1.29 is 9.84 Å². The molecule has 1 aliphatic heterocycles. The van der Waals surface area contributed by atoms with Gasteiger partial charge in [0.25, 0.3) is 0 Å². The summed E-state index contributed by atoms with van der Waals surface area (Å²) in [7, 11) is 2.06. The van der Waals surface area contributed by atoms with Crippen molar-refractivity contribution in [1.82, 2.24) is 4.90 Å². The van der Waals surface area contributed by atoms with Crippen LogP contribution in [0.1, 0.15) is 24.9 Å². The second kappa shape index (κ2) is 5.25. The van der Waals surface area contributed by atoms with Crippen molar-refractivity contribution in [1.29, 1.82) is 0 Å². The number of rotatable bonds is 3. The molecule has 2 atom stereocenters. The van der Waals surface area contributed by atoms with Crippen LogP contribution in [0.25, 0.3) is 0 Å². The van der Waals surface area contributed by atoms with Gasteiger partial charge in [0.05, 0.1) is 6.61 Å². The Labute approximate surface area is 107 Å². The Bertz CT molecular complexity index is 391. The minimum absolute atomic E-state index is 0.125. The normalized spacial score (nSPS) is 22.0. The van der Waals surface area contributed by atoms with Gasteiger partial charge in [-0.15, -0.1) is 0 Å². The molecule has 2 rings (SSSR count).